The van der Waals surface area contributed by atoms with Gasteiger partial charge in [-0.3, -0.25) is 0 Å². The van der Waals surface area contributed by atoms with E-state index >= 15 is 0 Å². The molecule has 0 heterocycles. The highest BCUT2D eigenvalue weighted by atomic mass is 32.2. The van der Waals surface area contributed by atoms with Gasteiger partial charge in [-0.2, -0.15) is 0 Å². The monoisotopic (exact) mass is 368 g/mol. The normalized spacial score (nSPS) is 12.1. The Labute approximate surface area is 143 Å². The highest BCUT2D eigenvalue weighted by Crippen LogP contribution is 2.17. The van der Waals surface area contributed by atoms with Crippen LogP contribution in [0.15, 0.2) is 58.3 Å². The number of hydrogen-bond donors (Lipinski definition) is 1. The molecule has 2 aromatic carbocycles. The second kappa shape index (κ2) is 6.92. The molecule has 0 atom stereocenters. The average molecular weight is 368 g/mol. The number of sulfone groups is 1. The predicted molar refractivity (Wildman–Crippen MR) is 94.3 cm³/mol. The van der Waals surface area contributed by atoms with Crippen LogP contribution in [0.3, 0.4) is 0 Å². The van der Waals surface area contributed by atoms with Gasteiger partial charge in [-0.25, -0.2) is 21.6 Å². The summed E-state index contributed by atoms with van der Waals surface area (Å²) in [5.41, 5.74) is 1.82. The summed E-state index contributed by atoms with van der Waals surface area (Å²) in [6.45, 7) is 0.124. The van der Waals surface area contributed by atoms with Crippen LogP contribution < -0.4 is 9.62 Å². The molecule has 24 heavy (non-hydrogen) atoms. The average Bonchev–Trinajstić information content (AvgIpc) is 2.53. The molecule has 0 spiro atoms. The summed E-state index contributed by atoms with van der Waals surface area (Å²) < 4.78 is 50.3. The minimum absolute atomic E-state index is 0.0271. The fourth-order valence-electron chi connectivity index (χ4n) is 2.05. The number of sulfonamides is 1. The molecule has 2 rings (SSSR count). The molecule has 0 radical (unpaired) electrons. The fraction of sp³-hybridized carbons (Fsp3) is 0.250. The van der Waals surface area contributed by atoms with Crippen molar-refractivity contribution >= 4 is 25.5 Å². The third-order valence-electron chi connectivity index (χ3n) is 3.46. The first-order valence-electron chi connectivity index (χ1n) is 7.16. The van der Waals surface area contributed by atoms with Crippen molar-refractivity contribution in [2.24, 2.45) is 0 Å². The van der Waals surface area contributed by atoms with Gasteiger partial charge in [0.05, 0.1) is 9.79 Å². The lowest BCUT2D eigenvalue weighted by Gasteiger charge is -2.13. The molecular formula is C16H20N2O4S2. The van der Waals surface area contributed by atoms with Crippen molar-refractivity contribution in [2.45, 2.75) is 16.3 Å². The van der Waals surface area contributed by atoms with E-state index in [4.69, 9.17) is 0 Å². The lowest BCUT2D eigenvalue weighted by Crippen LogP contribution is -2.23. The molecule has 0 amide bonds. The number of nitrogens with one attached hydrogen (secondary N) is 1. The van der Waals surface area contributed by atoms with E-state index in [1.165, 1.54) is 18.2 Å². The van der Waals surface area contributed by atoms with Crippen LogP contribution in [0.4, 0.5) is 5.69 Å². The lowest BCUT2D eigenvalue weighted by molar-refractivity contribution is 0.581. The van der Waals surface area contributed by atoms with Gasteiger partial charge in [0.15, 0.2) is 9.84 Å². The van der Waals surface area contributed by atoms with Gasteiger partial charge in [0.25, 0.3) is 0 Å². The van der Waals surface area contributed by atoms with E-state index in [0.717, 1.165) is 23.6 Å². The van der Waals surface area contributed by atoms with Crippen molar-refractivity contribution in [1.29, 1.82) is 0 Å². The number of rotatable bonds is 6. The number of nitrogens with zero attached hydrogens (tertiary/aromatic N) is 1. The minimum atomic E-state index is -3.79. The molecule has 1 N–H and O–H groups in total. The van der Waals surface area contributed by atoms with E-state index in [-0.39, 0.29) is 16.3 Å². The fourth-order valence-corrected chi connectivity index (χ4v) is 3.85. The molecule has 6 nitrogen and oxygen atoms in total. The summed E-state index contributed by atoms with van der Waals surface area (Å²) in [6, 6.07) is 12.8. The van der Waals surface area contributed by atoms with Crippen LogP contribution >= 0.6 is 0 Å². The second-order valence-corrected chi connectivity index (χ2v) is 9.42. The van der Waals surface area contributed by atoms with Gasteiger partial charge < -0.3 is 4.90 Å². The molecule has 2 aromatic rings. The smallest absolute Gasteiger partial charge is 0.240 e. The molecule has 8 heteroatoms. The zero-order valence-corrected chi connectivity index (χ0v) is 15.4. The summed E-state index contributed by atoms with van der Waals surface area (Å²) in [5.74, 6) is 0. The zero-order chi connectivity index (χ0) is 18.0. The molecule has 0 bridgehead atoms. The molecule has 0 fully saturated rings. The van der Waals surface area contributed by atoms with Crippen LogP contribution in [0.1, 0.15) is 5.56 Å². The Balaban J connectivity index is 2.17. The minimum Gasteiger partial charge on any atom is -0.378 e. The van der Waals surface area contributed by atoms with Gasteiger partial charge in [-0.15, -0.1) is 0 Å². The van der Waals surface area contributed by atoms with Gasteiger partial charge in [-0.1, -0.05) is 18.2 Å². The van der Waals surface area contributed by atoms with Crippen molar-refractivity contribution in [2.75, 3.05) is 25.3 Å². The molecular weight excluding hydrogens is 348 g/mol. The molecule has 0 aliphatic rings. The summed E-state index contributed by atoms with van der Waals surface area (Å²) >= 11 is 0. The van der Waals surface area contributed by atoms with Crippen molar-refractivity contribution in [3.63, 3.8) is 0 Å². The topological polar surface area (TPSA) is 83.6 Å². The quantitative estimate of drug-likeness (QED) is 0.838. The Hall–Kier alpha value is -1.90. The van der Waals surface area contributed by atoms with Crippen molar-refractivity contribution in [1.82, 2.24) is 4.72 Å². The first-order valence-corrected chi connectivity index (χ1v) is 10.5. The van der Waals surface area contributed by atoms with E-state index in [9.17, 15) is 16.8 Å². The third-order valence-corrected chi connectivity index (χ3v) is 5.97. The highest BCUT2D eigenvalue weighted by molar-refractivity contribution is 7.91. The molecule has 0 unspecified atom stereocenters. The van der Waals surface area contributed by atoms with E-state index in [1.807, 2.05) is 43.3 Å². The Kier molecular flexibility index (Phi) is 5.32. The Bertz CT molecular complexity index is 919. The SMILES string of the molecule is CN(C)c1ccc(CNS(=O)(=O)c2cccc(S(C)(=O)=O)c2)cc1. The summed E-state index contributed by atoms with van der Waals surface area (Å²) in [5, 5.41) is 0. The molecule has 0 saturated heterocycles. The van der Waals surface area contributed by atoms with Gasteiger partial charge >= 0.3 is 0 Å². The van der Waals surface area contributed by atoms with Crippen molar-refractivity contribution < 1.29 is 16.8 Å². The zero-order valence-electron chi connectivity index (χ0n) is 13.7. The van der Waals surface area contributed by atoms with Crippen LogP contribution in [0.2, 0.25) is 0 Å². The van der Waals surface area contributed by atoms with E-state index < -0.39 is 19.9 Å². The lowest BCUT2D eigenvalue weighted by atomic mass is 10.2. The third kappa shape index (κ3) is 4.56. The van der Waals surface area contributed by atoms with Crippen LogP contribution in [-0.2, 0) is 26.4 Å². The van der Waals surface area contributed by atoms with Gasteiger partial charge in [0.2, 0.25) is 10.0 Å². The number of hydrogen-bond acceptors (Lipinski definition) is 5. The molecule has 0 aromatic heterocycles. The standard InChI is InChI=1S/C16H20N2O4S2/c1-18(2)14-9-7-13(8-10-14)12-17-24(21,22)16-6-4-5-15(11-16)23(3,19)20/h4-11,17H,12H2,1-3H3. The number of anilines is 1. The second-order valence-electron chi connectivity index (χ2n) is 5.63. The molecule has 0 aliphatic heterocycles. The maximum absolute atomic E-state index is 12.3. The van der Waals surface area contributed by atoms with Crippen LogP contribution in [0, 0.1) is 0 Å². The van der Waals surface area contributed by atoms with E-state index in [2.05, 4.69) is 4.72 Å². The maximum atomic E-state index is 12.3. The Morgan fingerprint density at radius 3 is 2.04 bits per heavy atom. The van der Waals surface area contributed by atoms with Gasteiger partial charge in [0.1, 0.15) is 0 Å². The van der Waals surface area contributed by atoms with E-state index in [0.29, 0.717) is 0 Å². The number of benzene rings is 2. The molecule has 0 aliphatic carbocycles. The van der Waals surface area contributed by atoms with Crippen molar-refractivity contribution in [3.05, 3.63) is 54.1 Å². The largest absolute Gasteiger partial charge is 0.378 e. The first kappa shape index (κ1) is 18.4. The van der Waals surface area contributed by atoms with Crippen LogP contribution in [0.5, 0.6) is 0 Å². The Morgan fingerprint density at radius 1 is 0.917 bits per heavy atom. The summed E-state index contributed by atoms with van der Waals surface area (Å²) in [7, 11) is -3.41. The summed E-state index contributed by atoms with van der Waals surface area (Å²) in [6.07, 6.45) is 1.04. The molecule has 0 saturated carbocycles. The van der Waals surface area contributed by atoms with E-state index in [1.54, 1.807) is 0 Å². The van der Waals surface area contributed by atoms with Gasteiger partial charge in [-0.05, 0) is 35.9 Å². The maximum Gasteiger partial charge on any atom is 0.240 e. The van der Waals surface area contributed by atoms with Crippen LogP contribution in [0.25, 0.3) is 0 Å². The molecule has 130 valence electrons. The Morgan fingerprint density at radius 2 is 1.50 bits per heavy atom. The van der Waals surface area contributed by atoms with Gasteiger partial charge in [0, 0.05) is 32.6 Å². The van der Waals surface area contributed by atoms with Crippen molar-refractivity contribution in [3.8, 4) is 0 Å². The highest BCUT2D eigenvalue weighted by Gasteiger charge is 2.16. The summed E-state index contributed by atoms with van der Waals surface area (Å²) in [4.78, 5) is 1.85. The van der Waals surface area contributed by atoms with Crippen LogP contribution in [-0.4, -0.2) is 37.2 Å². The predicted octanol–water partition coefficient (Wildman–Crippen LogP) is 1.63. The first-order chi connectivity index (χ1) is 11.1.